The number of nitrogens with one attached hydrogen (secondary N) is 1. The number of nitrogens with zero attached hydrogens (tertiary/aromatic N) is 1. The summed E-state index contributed by atoms with van der Waals surface area (Å²) in [5, 5.41) is 0. The minimum atomic E-state index is -0.00345. The van der Waals surface area contributed by atoms with Crippen LogP contribution < -0.4 is 4.90 Å². The Kier molecular flexibility index (Phi) is 4.89. The Morgan fingerprint density at radius 1 is 0.880 bits per heavy atom. The number of piperidine rings is 1. The van der Waals surface area contributed by atoms with E-state index in [2.05, 4.69) is 30.3 Å². The number of hydrogen-bond acceptors (Lipinski definition) is 2. The fourth-order valence-electron chi connectivity index (χ4n) is 5.01. The minimum Gasteiger partial charge on any atom is -0.317 e. The smallest absolute Gasteiger partial charge is 0.237 e. The lowest BCUT2D eigenvalue weighted by molar-refractivity contribution is -0.913. The monoisotopic (exact) mass is 341 g/mol. The molecule has 1 aromatic rings. The summed E-state index contributed by atoms with van der Waals surface area (Å²) in [6.07, 6.45) is 7.57. The Balaban J connectivity index is 1.30. The number of likely N-dealkylation sites (tertiary alicyclic amines) is 2. The van der Waals surface area contributed by atoms with Crippen molar-refractivity contribution in [1.29, 1.82) is 0 Å². The van der Waals surface area contributed by atoms with Crippen LogP contribution >= 0.6 is 0 Å². The van der Waals surface area contributed by atoms with Gasteiger partial charge in [0.15, 0.2) is 6.67 Å². The van der Waals surface area contributed by atoms with E-state index < -0.39 is 0 Å². The van der Waals surface area contributed by atoms with Crippen molar-refractivity contribution in [1.82, 2.24) is 4.90 Å². The molecule has 0 radical (unpaired) electrons. The quantitative estimate of drug-likeness (QED) is 0.847. The number of hydrogen-bond donors (Lipinski definition) is 1. The van der Waals surface area contributed by atoms with E-state index >= 15 is 0 Å². The molecule has 0 spiro atoms. The van der Waals surface area contributed by atoms with Crippen LogP contribution in [0.4, 0.5) is 0 Å². The summed E-state index contributed by atoms with van der Waals surface area (Å²) in [4.78, 5) is 28.3. The molecule has 4 rings (SSSR count). The summed E-state index contributed by atoms with van der Waals surface area (Å²) in [5.41, 5.74) is 1.42. The average Bonchev–Trinajstić information content (AvgIpc) is 2.89. The largest absolute Gasteiger partial charge is 0.317 e. The minimum absolute atomic E-state index is 0.00345. The van der Waals surface area contributed by atoms with Gasteiger partial charge in [0.25, 0.3) is 0 Å². The molecule has 0 unspecified atom stereocenters. The first-order valence-electron chi connectivity index (χ1n) is 9.95. The van der Waals surface area contributed by atoms with Gasteiger partial charge in [0.1, 0.15) is 0 Å². The van der Waals surface area contributed by atoms with Crippen molar-refractivity contribution in [3.05, 3.63) is 35.9 Å². The van der Waals surface area contributed by atoms with E-state index in [4.69, 9.17) is 0 Å². The summed E-state index contributed by atoms with van der Waals surface area (Å²) < 4.78 is 0. The van der Waals surface area contributed by atoms with Gasteiger partial charge in [-0.1, -0.05) is 43.2 Å². The summed E-state index contributed by atoms with van der Waals surface area (Å²) in [5.74, 6) is 0.966. The van der Waals surface area contributed by atoms with Crippen LogP contribution in [-0.2, 0) is 16.0 Å². The Bertz CT molecular complexity index is 598. The second kappa shape index (κ2) is 7.28. The molecule has 3 aliphatic rings. The van der Waals surface area contributed by atoms with Crippen LogP contribution in [0.3, 0.4) is 0 Å². The second-order valence-corrected chi connectivity index (χ2v) is 8.14. The molecular weight excluding hydrogens is 312 g/mol. The second-order valence-electron chi connectivity index (χ2n) is 8.14. The highest BCUT2D eigenvalue weighted by atomic mass is 16.2. The van der Waals surface area contributed by atoms with Crippen LogP contribution in [0.2, 0.25) is 0 Å². The number of fused-ring (bicyclic) bond motifs is 1. The fraction of sp³-hybridized carbons (Fsp3) is 0.619. The van der Waals surface area contributed by atoms with E-state index in [1.165, 1.54) is 23.3 Å². The van der Waals surface area contributed by atoms with Gasteiger partial charge in [0, 0.05) is 0 Å². The topological polar surface area (TPSA) is 41.8 Å². The number of amides is 2. The first kappa shape index (κ1) is 16.8. The van der Waals surface area contributed by atoms with Gasteiger partial charge in [-0.25, -0.2) is 4.90 Å². The van der Waals surface area contributed by atoms with Crippen molar-refractivity contribution in [3.8, 4) is 0 Å². The molecule has 134 valence electrons. The fourth-order valence-corrected chi connectivity index (χ4v) is 5.01. The molecule has 2 atom stereocenters. The first-order chi connectivity index (χ1) is 12.2. The molecule has 0 aromatic heterocycles. The molecular formula is C21H29N2O2+. The summed E-state index contributed by atoms with van der Waals surface area (Å²) in [6, 6.07) is 10.7. The molecule has 4 heteroatoms. The third-order valence-corrected chi connectivity index (χ3v) is 6.49. The molecule has 2 aliphatic heterocycles. The van der Waals surface area contributed by atoms with Crippen molar-refractivity contribution in [2.75, 3.05) is 19.8 Å². The zero-order valence-electron chi connectivity index (χ0n) is 15.0. The zero-order chi connectivity index (χ0) is 17.2. The average molecular weight is 341 g/mol. The standard InChI is InChI=1S/C21H28N2O2/c24-20-18-8-4-5-9-19(18)21(25)23(20)15-22-12-10-17(11-13-22)14-16-6-2-1-3-7-16/h1-3,6-7,17-19H,4-5,8-15H2/p+1/t18-,19+. The van der Waals surface area contributed by atoms with Gasteiger partial charge in [0.05, 0.1) is 24.9 Å². The van der Waals surface area contributed by atoms with Crippen molar-refractivity contribution in [2.45, 2.75) is 44.9 Å². The SMILES string of the molecule is O=C1[C@H]2CCCC[C@H]2C(=O)N1C[NH+]1CCC(Cc2ccccc2)CC1. The molecule has 1 N–H and O–H groups in total. The zero-order valence-corrected chi connectivity index (χ0v) is 15.0. The Labute approximate surface area is 150 Å². The highest BCUT2D eigenvalue weighted by Crippen LogP contribution is 2.37. The van der Waals surface area contributed by atoms with Crippen molar-refractivity contribution in [2.24, 2.45) is 17.8 Å². The normalized spacial score (nSPS) is 32.7. The molecule has 3 fully saturated rings. The van der Waals surface area contributed by atoms with Crippen LogP contribution in [0.15, 0.2) is 30.3 Å². The molecule has 1 aromatic carbocycles. The molecule has 4 nitrogen and oxygen atoms in total. The predicted octanol–water partition coefficient (Wildman–Crippen LogP) is 1.66. The number of carbonyl (C=O) groups is 2. The lowest BCUT2D eigenvalue weighted by Crippen LogP contribution is -3.14. The Hall–Kier alpha value is -1.68. The Morgan fingerprint density at radius 2 is 1.48 bits per heavy atom. The lowest BCUT2D eigenvalue weighted by Gasteiger charge is -2.31. The lowest BCUT2D eigenvalue weighted by atomic mass is 9.81. The van der Waals surface area contributed by atoms with Crippen LogP contribution in [0.5, 0.6) is 0 Å². The van der Waals surface area contributed by atoms with Gasteiger partial charge in [-0.15, -0.1) is 0 Å². The number of imide groups is 1. The third-order valence-electron chi connectivity index (χ3n) is 6.49. The maximum absolute atomic E-state index is 12.6. The van der Waals surface area contributed by atoms with E-state index in [1.54, 1.807) is 4.90 Å². The van der Waals surface area contributed by atoms with Gasteiger partial charge >= 0.3 is 0 Å². The highest BCUT2D eigenvalue weighted by Gasteiger charge is 2.49. The highest BCUT2D eigenvalue weighted by molar-refractivity contribution is 6.05. The van der Waals surface area contributed by atoms with Gasteiger partial charge in [-0.3, -0.25) is 9.59 Å². The Morgan fingerprint density at radius 3 is 2.08 bits per heavy atom. The number of carbonyl (C=O) groups excluding carboxylic acids is 2. The molecule has 1 saturated carbocycles. The van der Waals surface area contributed by atoms with Gasteiger partial charge < -0.3 is 4.90 Å². The summed E-state index contributed by atoms with van der Waals surface area (Å²) in [6.45, 7) is 2.75. The predicted molar refractivity (Wildman–Crippen MR) is 95.7 cm³/mol. The first-order valence-corrected chi connectivity index (χ1v) is 9.95. The maximum Gasteiger partial charge on any atom is 0.237 e. The van der Waals surface area contributed by atoms with Crippen molar-refractivity contribution >= 4 is 11.8 Å². The van der Waals surface area contributed by atoms with E-state index in [-0.39, 0.29) is 23.7 Å². The molecule has 2 saturated heterocycles. The van der Waals surface area contributed by atoms with E-state index in [0.29, 0.717) is 6.67 Å². The van der Waals surface area contributed by atoms with Crippen LogP contribution in [0, 0.1) is 17.8 Å². The maximum atomic E-state index is 12.6. The van der Waals surface area contributed by atoms with Gasteiger partial charge in [-0.2, -0.15) is 0 Å². The summed E-state index contributed by atoms with van der Waals surface area (Å²) in [7, 11) is 0. The molecule has 2 heterocycles. The molecule has 25 heavy (non-hydrogen) atoms. The molecule has 1 aliphatic carbocycles. The van der Waals surface area contributed by atoms with Crippen molar-refractivity contribution < 1.29 is 14.5 Å². The van der Waals surface area contributed by atoms with E-state index in [9.17, 15) is 9.59 Å². The molecule has 0 bridgehead atoms. The van der Waals surface area contributed by atoms with E-state index in [1.807, 2.05) is 0 Å². The number of benzene rings is 1. The van der Waals surface area contributed by atoms with Crippen LogP contribution in [0.1, 0.15) is 44.1 Å². The van der Waals surface area contributed by atoms with E-state index in [0.717, 1.165) is 51.1 Å². The van der Waals surface area contributed by atoms with Crippen LogP contribution in [0.25, 0.3) is 0 Å². The third kappa shape index (κ3) is 3.50. The number of rotatable bonds is 4. The van der Waals surface area contributed by atoms with Gasteiger partial charge in [0.2, 0.25) is 11.8 Å². The molecule has 2 amide bonds. The summed E-state index contributed by atoms with van der Waals surface area (Å²) >= 11 is 0. The van der Waals surface area contributed by atoms with Crippen LogP contribution in [-0.4, -0.2) is 36.5 Å². The van der Waals surface area contributed by atoms with Crippen molar-refractivity contribution in [3.63, 3.8) is 0 Å². The van der Waals surface area contributed by atoms with Gasteiger partial charge in [-0.05, 0) is 43.6 Å². The number of quaternary nitrogens is 1.